The standard InChI is InChI=1S/C12H12FN3O2.C2H6/c1-8-2-3-9(6-10(8)13)16-5-4-14-11(16)7-15-12(17)18;1-2/h2-6,15H,7H2,1H3,(H,17,18);1-2H3. The molecule has 0 radical (unpaired) electrons. The summed E-state index contributed by atoms with van der Waals surface area (Å²) in [6.07, 6.45) is 2.07. The highest BCUT2D eigenvalue weighted by Gasteiger charge is 2.07. The number of imidazole rings is 1. The van der Waals surface area contributed by atoms with Crippen LogP contribution in [0.1, 0.15) is 25.2 Å². The first-order valence-electron chi connectivity index (χ1n) is 6.33. The number of aryl methyl sites for hydroxylation is 1. The molecule has 1 aromatic carbocycles. The zero-order valence-corrected chi connectivity index (χ0v) is 11.7. The molecule has 0 unspecified atom stereocenters. The van der Waals surface area contributed by atoms with Gasteiger partial charge in [-0.25, -0.2) is 14.2 Å². The van der Waals surface area contributed by atoms with Gasteiger partial charge in [-0.2, -0.15) is 0 Å². The maximum absolute atomic E-state index is 13.5. The molecule has 2 rings (SSSR count). The minimum Gasteiger partial charge on any atom is -0.465 e. The average Bonchev–Trinajstić information content (AvgIpc) is 2.90. The van der Waals surface area contributed by atoms with Gasteiger partial charge < -0.3 is 15.0 Å². The highest BCUT2D eigenvalue weighted by atomic mass is 19.1. The predicted octanol–water partition coefficient (Wildman–Crippen LogP) is 3.11. The Bertz CT molecular complexity index is 582. The van der Waals surface area contributed by atoms with Crippen LogP contribution in [0.5, 0.6) is 0 Å². The summed E-state index contributed by atoms with van der Waals surface area (Å²) in [4.78, 5) is 14.5. The van der Waals surface area contributed by atoms with Crippen molar-refractivity contribution in [3.8, 4) is 5.69 Å². The molecule has 108 valence electrons. The minimum atomic E-state index is -1.13. The van der Waals surface area contributed by atoms with Crippen molar-refractivity contribution in [1.82, 2.24) is 14.9 Å². The summed E-state index contributed by atoms with van der Waals surface area (Å²) in [6.45, 7) is 5.75. The Kier molecular flexibility index (Phi) is 5.71. The van der Waals surface area contributed by atoms with E-state index in [0.29, 0.717) is 17.1 Å². The van der Waals surface area contributed by atoms with Crippen LogP contribution >= 0.6 is 0 Å². The van der Waals surface area contributed by atoms with E-state index in [0.717, 1.165) is 0 Å². The van der Waals surface area contributed by atoms with Gasteiger partial charge in [0, 0.05) is 18.1 Å². The highest BCUT2D eigenvalue weighted by molar-refractivity contribution is 5.64. The van der Waals surface area contributed by atoms with Gasteiger partial charge in [-0.15, -0.1) is 0 Å². The second kappa shape index (κ2) is 7.28. The number of nitrogens with one attached hydrogen (secondary N) is 1. The van der Waals surface area contributed by atoms with Gasteiger partial charge in [-0.1, -0.05) is 19.9 Å². The van der Waals surface area contributed by atoms with Crippen LogP contribution < -0.4 is 5.32 Å². The lowest BCUT2D eigenvalue weighted by molar-refractivity contribution is 0.193. The average molecular weight is 279 g/mol. The van der Waals surface area contributed by atoms with Crippen molar-refractivity contribution in [3.05, 3.63) is 47.8 Å². The largest absolute Gasteiger partial charge is 0.465 e. The summed E-state index contributed by atoms with van der Waals surface area (Å²) in [7, 11) is 0. The van der Waals surface area contributed by atoms with Crippen molar-refractivity contribution >= 4 is 6.09 Å². The molecule has 1 heterocycles. The number of aromatic nitrogens is 2. The Morgan fingerprint density at radius 1 is 1.45 bits per heavy atom. The van der Waals surface area contributed by atoms with Crippen LogP contribution in [0.4, 0.5) is 9.18 Å². The third-order valence-corrected chi connectivity index (χ3v) is 2.55. The van der Waals surface area contributed by atoms with Crippen molar-refractivity contribution in [3.63, 3.8) is 0 Å². The van der Waals surface area contributed by atoms with E-state index in [1.54, 1.807) is 29.8 Å². The first kappa shape index (κ1) is 15.7. The van der Waals surface area contributed by atoms with Gasteiger partial charge in [-0.3, -0.25) is 0 Å². The fourth-order valence-electron chi connectivity index (χ4n) is 1.59. The molecule has 5 nitrogen and oxygen atoms in total. The quantitative estimate of drug-likeness (QED) is 0.907. The fraction of sp³-hybridized carbons (Fsp3) is 0.286. The van der Waals surface area contributed by atoms with Gasteiger partial charge >= 0.3 is 6.09 Å². The van der Waals surface area contributed by atoms with E-state index in [4.69, 9.17) is 5.11 Å². The second-order valence-corrected chi connectivity index (χ2v) is 3.81. The molecule has 2 aromatic rings. The number of hydrogen-bond donors (Lipinski definition) is 2. The normalized spacial score (nSPS) is 9.60. The molecule has 0 fully saturated rings. The van der Waals surface area contributed by atoms with Crippen LogP contribution in [0.3, 0.4) is 0 Å². The first-order valence-corrected chi connectivity index (χ1v) is 6.33. The molecule has 20 heavy (non-hydrogen) atoms. The molecule has 0 saturated carbocycles. The number of halogens is 1. The van der Waals surface area contributed by atoms with Gasteiger partial charge in [0.2, 0.25) is 0 Å². The maximum Gasteiger partial charge on any atom is 0.405 e. The van der Waals surface area contributed by atoms with Gasteiger partial charge in [0.25, 0.3) is 0 Å². The summed E-state index contributed by atoms with van der Waals surface area (Å²) in [5.41, 5.74) is 1.17. The van der Waals surface area contributed by atoms with E-state index >= 15 is 0 Å². The van der Waals surface area contributed by atoms with E-state index in [9.17, 15) is 9.18 Å². The Labute approximate surface area is 117 Å². The molecule has 0 aliphatic heterocycles. The van der Waals surface area contributed by atoms with Gasteiger partial charge in [0.15, 0.2) is 0 Å². The van der Waals surface area contributed by atoms with E-state index in [2.05, 4.69) is 10.3 Å². The fourth-order valence-corrected chi connectivity index (χ4v) is 1.59. The Morgan fingerprint density at radius 2 is 2.15 bits per heavy atom. The lowest BCUT2D eigenvalue weighted by Gasteiger charge is -2.08. The third-order valence-electron chi connectivity index (χ3n) is 2.55. The molecule has 0 atom stereocenters. The zero-order valence-electron chi connectivity index (χ0n) is 11.7. The molecular weight excluding hydrogens is 261 g/mol. The van der Waals surface area contributed by atoms with Crippen LogP contribution in [0.2, 0.25) is 0 Å². The first-order chi connectivity index (χ1) is 9.58. The molecule has 0 aliphatic carbocycles. The van der Waals surface area contributed by atoms with Crippen molar-refractivity contribution in [2.24, 2.45) is 0 Å². The molecule has 6 heteroatoms. The van der Waals surface area contributed by atoms with Crippen LogP contribution in [0.25, 0.3) is 5.69 Å². The molecule has 2 N–H and O–H groups in total. The van der Waals surface area contributed by atoms with Crippen molar-refractivity contribution in [2.75, 3.05) is 0 Å². The third kappa shape index (κ3) is 3.81. The topological polar surface area (TPSA) is 67.2 Å². The lowest BCUT2D eigenvalue weighted by Crippen LogP contribution is -2.22. The lowest BCUT2D eigenvalue weighted by atomic mass is 10.2. The number of rotatable bonds is 3. The molecule has 0 saturated heterocycles. The van der Waals surface area contributed by atoms with Gasteiger partial charge in [-0.05, 0) is 24.6 Å². The van der Waals surface area contributed by atoms with E-state index in [1.165, 1.54) is 12.3 Å². The summed E-state index contributed by atoms with van der Waals surface area (Å²) < 4.78 is 15.1. The number of carboxylic acid groups (broad SMARTS) is 1. The molecule has 1 amide bonds. The number of benzene rings is 1. The molecule has 0 bridgehead atoms. The monoisotopic (exact) mass is 279 g/mol. The van der Waals surface area contributed by atoms with Gasteiger partial charge in [0.05, 0.1) is 6.54 Å². The van der Waals surface area contributed by atoms with Crippen molar-refractivity contribution in [1.29, 1.82) is 0 Å². The Balaban J connectivity index is 0.000000956. The number of nitrogens with zero attached hydrogens (tertiary/aromatic N) is 2. The smallest absolute Gasteiger partial charge is 0.405 e. The maximum atomic E-state index is 13.5. The number of hydrogen-bond acceptors (Lipinski definition) is 2. The zero-order chi connectivity index (χ0) is 15.1. The van der Waals surface area contributed by atoms with Crippen LogP contribution in [0, 0.1) is 12.7 Å². The van der Waals surface area contributed by atoms with Crippen LogP contribution in [-0.2, 0) is 6.54 Å². The molecule has 1 aromatic heterocycles. The van der Waals surface area contributed by atoms with Crippen LogP contribution in [-0.4, -0.2) is 20.8 Å². The Morgan fingerprint density at radius 3 is 2.75 bits per heavy atom. The summed E-state index contributed by atoms with van der Waals surface area (Å²) in [5.74, 6) is 0.194. The highest BCUT2D eigenvalue weighted by Crippen LogP contribution is 2.15. The number of carbonyl (C=O) groups is 1. The Hall–Kier alpha value is -2.37. The minimum absolute atomic E-state index is 0.0673. The van der Waals surface area contributed by atoms with E-state index in [1.807, 2.05) is 13.8 Å². The predicted molar refractivity (Wildman–Crippen MR) is 74.5 cm³/mol. The molecule has 0 aliphatic rings. The van der Waals surface area contributed by atoms with Crippen molar-refractivity contribution < 1.29 is 14.3 Å². The van der Waals surface area contributed by atoms with Gasteiger partial charge in [0.1, 0.15) is 11.6 Å². The molecular formula is C14H18FN3O2. The number of amides is 1. The van der Waals surface area contributed by atoms with E-state index in [-0.39, 0.29) is 12.4 Å². The second-order valence-electron chi connectivity index (χ2n) is 3.81. The summed E-state index contributed by atoms with van der Waals surface area (Å²) >= 11 is 0. The SMILES string of the molecule is CC.Cc1ccc(-n2ccnc2CNC(=O)O)cc1F. The van der Waals surface area contributed by atoms with Crippen LogP contribution in [0.15, 0.2) is 30.6 Å². The van der Waals surface area contributed by atoms with Crippen molar-refractivity contribution in [2.45, 2.75) is 27.3 Å². The van der Waals surface area contributed by atoms with E-state index < -0.39 is 6.09 Å². The summed E-state index contributed by atoms with van der Waals surface area (Å²) in [6, 6.07) is 4.81. The summed E-state index contributed by atoms with van der Waals surface area (Å²) in [5, 5.41) is 10.8. The molecule has 0 spiro atoms.